The van der Waals surface area contributed by atoms with Gasteiger partial charge in [0.05, 0.1) is 21.0 Å². The quantitative estimate of drug-likeness (QED) is 0.469. The van der Waals surface area contributed by atoms with Crippen LogP contribution in [0.25, 0.3) is 10.9 Å². The van der Waals surface area contributed by atoms with Crippen molar-refractivity contribution in [2.24, 2.45) is 5.73 Å². The van der Waals surface area contributed by atoms with Crippen LogP contribution in [-0.2, 0) is 0 Å². The number of nitrogens with two attached hydrogens (primary N) is 2. The molecule has 21 heavy (non-hydrogen) atoms. The van der Waals surface area contributed by atoms with E-state index in [1.807, 2.05) is 27.7 Å². The molecule has 2 aromatic rings. The summed E-state index contributed by atoms with van der Waals surface area (Å²) in [5.41, 5.74) is 10.7. The maximum Gasteiger partial charge on any atom is 0.280 e. The van der Waals surface area contributed by atoms with E-state index in [0.29, 0.717) is 10.9 Å². The van der Waals surface area contributed by atoms with Crippen molar-refractivity contribution < 1.29 is 4.92 Å². The number of nitrogens with zero attached hydrogens (tertiary/aromatic N) is 2. The number of nitro benzene ring substituents is 1. The fourth-order valence-electron chi connectivity index (χ4n) is 1.37. The summed E-state index contributed by atoms with van der Waals surface area (Å²) in [5.74, 6) is 0. The Labute approximate surface area is 130 Å². The smallest absolute Gasteiger partial charge is 0.280 e. The second-order valence-electron chi connectivity index (χ2n) is 2.95. The second-order valence-corrected chi connectivity index (χ2v) is 3.36. The molecule has 1 heterocycles. The Hall–Kier alpha value is -1.92. The van der Waals surface area contributed by atoms with Crippen molar-refractivity contribution in [1.29, 1.82) is 0 Å². The number of benzene rings is 1. The lowest BCUT2D eigenvalue weighted by Gasteiger charge is -2.03. The highest BCUT2D eigenvalue weighted by Crippen LogP contribution is 2.34. The van der Waals surface area contributed by atoms with Crippen LogP contribution in [0.1, 0.15) is 27.7 Å². The molecule has 0 saturated heterocycles. The van der Waals surface area contributed by atoms with Crippen LogP contribution < -0.4 is 11.5 Å². The molecule has 6 nitrogen and oxygen atoms in total. The van der Waals surface area contributed by atoms with Crippen molar-refractivity contribution in [3.8, 4) is 0 Å². The molecular weight excluding hydrogens is 292 g/mol. The zero-order valence-electron chi connectivity index (χ0n) is 13.1. The Morgan fingerprint density at radius 1 is 1.24 bits per heavy atom. The second kappa shape index (κ2) is 11.9. The number of anilines is 1. The van der Waals surface area contributed by atoms with Gasteiger partial charge < -0.3 is 11.5 Å². The molecule has 0 radical (unpaired) electrons. The highest BCUT2D eigenvalue weighted by Gasteiger charge is 2.16. The van der Waals surface area contributed by atoms with E-state index in [2.05, 4.69) is 10.7 Å². The molecule has 118 valence electrons. The van der Waals surface area contributed by atoms with Crippen LogP contribution in [0.3, 0.4) is 0 Å². The molecule has 0 unspecified atom stereocenters. The van der Waals surface area contributed by atoms with Gasteiger partial charge in [0, 0.05) is 12.3 Å². The molecular formula is C14H23ClN4O2. The monoisotopic (exact) mass is 314 g/mol. The van der Waals surface area contributed by atoms with Crippen molar-refractivity contribution in [3.63, 3.8) is 0 Å². The van der Waals surface area contributed by atoms with Crippen molar-refractivity contribution in [1.82, 2.24) is 4.98 Å². The number of nitro groups is 1. The molecule has 0 bridgehead atoms. The predicted octanol–water partition coefficient (Wildman–Crippen LogP) is 4.01. The molecule has 0 saturated carbocycles. The zero-order valence-corrected chi connectivity index (χ0v) is 13.8. The molecule has 2 rings (SSSR count). The molecule has 1 aromatic heterocycles. The minimum Gasteiger partial charge on any atom is -0.396 e. The lowest BCUT2D eigenvalue weighted by molar-refractivity contribution is -0.383. The summed E-state index contributed by atoms with van der Waals surface area (Å²) in [4.78, 5) is 14.2. The van der Waals surface area contributed by atoms with Gasteiger partial charge in [-0.25, -0.2) is 0 Å². The average molecular weight is 315 g/mol. The van der Waals surface area contributed by atoms with E-state index in [0.717, 1.165) is 0 Å². The molecule has 0 atom stereocenters. The molecule has 0 fully saturated rings. The minimum absolute atomic E-state index is 0.0858. The van der Waals surface area contributed by atoms with Crippen LogP contribution in [0.2, 0.25) is 5.02 Å². The SMILES string of the molecule is CC.CC.CN.Nc1c(Cl)cc([N+](=O)[O-])c2cccnc12. The summed E-state index contributed by atoms with van der Waals surface area (Å²) in [6.45, 7) is 8.00. The van der Waals surface area contributed by atoms with E-state index in [1.54, 1.807) is 12.1 Å². The standard InChI is InChI=1S/C9H6ClN3O2.2C2H6.CH5N/c10-6-4-7(13(14)15)5-2-1-3-12-9(5)8(6)11;3*1-2/h1-4H,11H2;2*1-2H3;2H2,1H3. The van der Waals surface area contributed by atoms with Crippen LogP contribution in [0, 0.1) is 10.1 Å². The van der Waals surface area contributed by atoms with Crippen molar-refractivity contribution >= 4 is 33.9 Å². The molecule has 0 spiro atoms. The predicted molar refractivity (Wildman–Crippen MR) is 90.6 cm³/mol. The van der Waals surface area contributed by atoms with Gasteiger partial charge in [0.2, 0.25) is 0 Å². The number of aromatic nitrogens is 1. The number of fused-ring (bicyclic) bond motifs is 1. The summed E-state index contributed by atoms with van der Waals surface area (Å²) < 4.78 is 0. The zero-order chi connectivity index (χ0) is 17.0. The Morgan fingerprint density at radius 3 is 2.24 bits per heavy atom. The van der Waals surface area contributed by atoms with E-state index in [1.165, 1.54) is 19.3 Å². The Balaban J connectivity index is 0. The third-order valence-electron chi connectivity index (χ3n) is 2.06. The topological polar surface area (TPSA) is 108 Å². The van der Waals surface area contributed by atoms with Crippen molar-refractivity contribution in [2.45, 2.75) is 27.7 Å². The van der Waals surface area contributed by atoms with Gasteiger partial charge in [0.15, 0.2) is 0 Å². The Bertz CT molecular complexity index is 562. The lowest BCUT2D eigenvalue weighted by Crippen LogP contribution is -1.95. The molecule has 0 amide bonds. The van der Waals surface area contributed by atoms with Gasteiger partial charge in [-0.05, 0) is 19.2 Å². The number of rotatable bonds is 1. The maximum absolute atomic E-state index is 10.8. The van der Waals surface area contributed by atoms with Crippen LogP contribution in [0.15, 0.2) is 24.4 Å². The van der Waals surface area contributed by atoms with Crippen LogP contribution in [0.4, 0.5) is 11.4 Å². The van der Waals surface area contributed by atoms with E-state index in [9.17, 15) is 10.1 Å². The molecule has 1 aromatic carbocycles. The van der Waals surface area contributed by atoms with E-state index in [4.69, 9.17) is 17.3 Å². The molecule has 0 aliphatic rings. The molecule has 7 heteroatoms. The van der Waals surface area contributed by atoms with Crippen LogP contribution >= 0.6 is 11.6 Å². The highest BCUT2D eigenvalue weighted by molar-refractivity contribution is 6.35. The summed E-state index contributed by atoms with van der Waals surface area (Å²) in [6.07, 6.45) is 1.51. The van der Waals surface area contributed by atoms with Crippen LogP contribution in [0.5, 0.6) is 0 Å². The normalized spacial score (nSPS) is 8.33. The number of hydrogen-bond donors (Lipinski definition) is 2. The van der Waals surface area contributed by atoms with Gasteiger partial charge in [-0.2, -0.15) is 0 Å². The van der Waals surface area contributed by atoms with Gasteiger partial charge in [0.25, 0.3) is 5.69 Å². The summed E-state index contributed by atoms with van der Waals surface area (Å²) in [5, 5.41) is 11.3. The summed E-state index contributed by atoms with van der Waals surface area (Å²) in [7, 11) is 1.50. The first kappa shape index (κ1) is 21.4. The third-order valence-corrected chi connectivity index (χ3v) is 2.37. The van der Waals surface area contributed by atoms with Gasteiger partial charge in [-0.15, -0.1) is 0 Å². The largest absolute Gasteiger partial charge is 0.396 e. The molecule has 4 N–H and O–H groups in total. The number of non-ortho nitro benzene ring substituents is 1. The number of pyridine rings is 1. The molecule has 0 aliphatic carbocycles. The fourth-order valence-corrected chi connectivity index (χ4v) is 1.56. The summed E-state index contributed by atoms with van der Waals surface area (Å²) in [6, 6.07) is 4.44. The Kier molecular flexibility index (Phi) is 12.1. The summed E-state index contributed by atoms with van der Waals surface area (Å²) >= 11 is 5.77. The third kappa shape index (κ3) is 5.53. The van der Waals surface area contributed by atoms with Crippen LogP contribution in [-0.4, -0.2) is 17.0 Å². The first-order valence-corrected chi connectivity index (χ1v) is 7.04. The number of hydrogen-bond acceptors (Lipinski definition) is 5. The van der Waals surface area contributed by atoms with E-state index in [-0.39, 0.29) is 16.4 Å². The van der Waals surface area contributed by atoms with Gasteiger partial charge in [0.1, 0.15) is 5.52 Å². The number of halogens is 1. The maximum atomic E-state index is 10.8. The van der Waals surface area contributed by atoms with E-state index < -0.39 is 4.92 Å². The Morgan fingerprint density at radius 2 is 1.76 bits per heavy atom. The highest BCUT2D eigenvalue weighted by atomic mass is 35.5. The molecule has 0 aliphatic heterocycles. The van der Waals surface area contributed by atoms with Gasteiger partial charge >= 0.3 is 0 Å². The lowest BCUT2D eigenvalue weighted by atomic mass is 10.1. The van der Waals surface area contributed by atoms with Gasteiger partial charge in [-0.3, -0.25) is 15.1 Å². The number of nitrogen functional groups attached to an aromatic ring is 1. The fraction of sp³-hybridized carbons (Fsp3) is 0.357. The first-order valence-electron chi connectivity index (χ1n) is 6.66. The minimum atomic E-state index is -0.505. The van der Waals surface area contributed by atoms with Crippen molar-refractivity contribution in [2.75, 3.05) is 12.8 Å². The first-order chi connectivity index (χ1) is 10.1. The van der Waals surface area contributed by atoms with Gasteiger partial charge in [-0.1, -0.05) is 39.3 Å². The average Bonchev–Trinajstić information content (AvgIpc) is 2.56. The van der Waals surface area contributed by atoms with Crippen molar-refractivity contribution in [3.05, 3.63) is 39.5 Å². The van der Waals surface area contributed by atoms with E-state index >= 15 is 0 Å².